The third-order valence-electron chi connectivity index (χ3n) is 2.92. The number of ether oxygens (including phenoxy) is 2. The second-order valence-corrected chi connectivity index (χ2v) is 5.82. The minimum atomic E-state index is -0.584. The molecule has 2 rings (SSSR count). The first-order chi connectivity index (χ1) is 11.4. The molecule has 0 aliphatic carbocycles. The highest BCUT2D eigenvalue weighted by Gasteiger charge is 2.16. The molecule has 2 aromatic rings. The van der Waals surface area contributed by atoms with Crippen LogP contribution in [0, 0.1) is 10.1 Å². The highest BCUT2D eigenvalue weighted by atomic mass is 79.9. The number of hydrogen-bond acceptors (Lipinski definition) is 5. The number of esters is 1. The van der Waals surface area contributed by atoms with Crippen LogP contribution >= 0.6 is 27.5 Å². The fourth-order valence-corrected chi connectivity index (χ4v) is 2.49. The molecule has 0 aliphatic rings. The van der Waals surface area contributed by atoms with Crippen molar-refractivity contribution < 1.29 is 19.2 Å². The first-order valence-corrected chi connectivity index (χ1v) is 7.75. The van der Waals surface area contributed by atoms with E-state index in [4.69, 9.17) is 21.1 Å². The van der Waals surface area contributed by atoms with Crippen molar-refractivity contribution >= 4 is 39.6 Å². The van der Waals surface area contributed by atoms with Crippen molar-refractivity contribution in [2.24, 2.45) is 0 Å². The SMILES string of the molecule is COc1cc(/C=C/[N+](=O)[O-])cc(Br)c1OC(=O)c1ccc(Cl)cc1. The molecule has 0 aliphatic heterocycles. The molecule has 0 aromatic heterocycles. The lowest BCUT2D eigenvalue weighted by atomic mass is 10.2. The Morgan fingerprint density at radius 3 is 2.54 bits per heavy atom. The molecule has 2 aromatic carbocycles. The lowest BCUT2D eigenvalue weighted by Crippen LogP contribution is -2.09. The van der Waals surface area contributed by atoms with Gasteiger partial charge < -0.3 is 9.47 Å². The maximum Gasteiger partial charge on any atom is 0.343 e. The highest BCUT2D eigenvalue weighted by Crippen LogP contribution is 2.37. The maximum atomic E-state index is 12.2. The van der Waals surface area contributed by atoms with Crippen LogP contribution in [0.3, 0.4) is 0 Å². The average Bonchev–Trinajstić information content (AvgIpc) is 2.55. The fraction of sp³-hybridized carbons (Fsp3) is 0.0625. The summed E-state index contributed by atoms with van der Waals surface area (Å²) in [5.74, 6) is -0.148. The first-order valence-electron chi connectivity index (χ1n) is 6.57. The van der Waals surface area contributed by atoms with Crippen LogP contribution in [0.15, 0.2) is 47.1 Å². The zero-order valence-electron chi connectivity index (χ0n) is 12.4. The number of rotatable bonds is 5. The zero-order chi connectivity index (χ0) is 17.7. The van der Waals surface area contributed by atoms with E-state index in [0.29, 0.717) is 20.6 Å². The Balaban J connectivity index is 2.30. The van der Waals surface area contributed by atoms with Crippen LogP contribution in [0.25, 0.3) is 6.08 Å². The molecule has 24 heavy (non-hydrogen) atoms. The Kier molecular flexibility index (Phi) is 5.94. The minimum absolute atomic E-state index is 0.177. The molecule has 0 heterocycles. The summed E-state index contributed by atoms with van der Waals surface area (Å²) in [4.78, 5) is 22.0. The van der Waals surface area contributed by atoms with E-state index in [1.165, 1.54) is 19.3 Å². The summed E-state index contributed by atoms with van der Waals surface area (Å²) in [6.45, 7) is 0. The first kappa shape index (κ1) is 18.0. The van der Waals surface area contributed by atoms with E-state index in [0.717, 1.165) is 6.20 Å². The lowest BCUT2D eigenvalue weighted by Gasteiger charge is -2.12. The molecule has 0 unspecified atom stereocenters. The molecule has 124 valence electrons. The van der Waals surface area contributed by atoms with Crippen LogP contribution in [0.1, 0.15) is 15.9 Å². The maximum absolute atomic E-state index is 12.2. The van der Waals surface area contributed by atoms with E-state index in [1.807, 2.05) is 0 Å². The van der Waals surface area contributed by atoms with E-state index < -0.39 is 10.9 Å². The Morgan fingerprint density at radius 1 is 1.29 bits per heavy atom. The monoisotopic (exact) mass is 411 g/mol. The van der Waals surface area contributed by atoms with Crippen molar-refractivity contribution in [3.8, 4) is 11.5 Å². The Bertz CT molecular complexity index is 805. The molecule has 0 saturated carbocycles. The van der Waals surface area contributed by atoms with Crippen LogP contribution in [-0.4, -0.2) is 18.0 Å². The summed E-state index contributed by atoms with van der Waals surface area (Å²) >= 11 is 9.06. The van der Waals surface area contributed by atoms with Crippen molar-refractivity contribution in [2.75, 3.05) is 7.11 Å². The highest BCUT2D eigenvalue weighted by molar-refractivity contribution is 9.10. The Labute approximate surface area is 150 Å². The number of methoxy groups -OCH3 is 1. The van der Waals surface area contributed by atoms with E-state index in [-0.39, 0.29) is 11.5 Å². The second-order valence-electron chi connectivity index (χ2n) is 4.53. The van der Waals surface area contributed by atoms with E-state index in [9.17, 15) is 14.9 Å². The number of benzene rings is 2. The van der Waals surface area contributed by atoms with Gasteiger partial charge in [0.2, 0.25) is 6.20 Å². The third kappa shape index (κ3) is 4.56. The van der Waals surface area contributed by atoms with Gasteiger partial charge in [-0.2, -0.15) is 0 Å². The summed E-state index contributed by atoms with van der Waals surface area (Å²) < 4.78 is 11.0. The molecule has 0 amide bonds. The summed E-state index contributed by atoms with van der Waals surface area (Å²) in [7, 11) is 1.41. The molecule has 6 nitrogen and oxygen atoms in total. The smallest absolute Gasteiger partial charge is 0.343 e. The lowest BCUT2D eigenvalue weighted by molar-refractivity contribution is -0.400. The minimum Gasteiger partial charge on any atom is -0.493 e. The van der Waals surface area contributed by atoms with Crippen LogP contribution in [0.5, 0.6) is 11.5 Å². The average molecular weight is 413 g/mol. The molecule has 0 radical (unpaired) electrons. The zero-order valence-corrected chi connectivity index (χ0v) is 14.7. The van der Waals surface area contributed by atoms with Gasteiger partial charge in [-0.1, -0.05) is 11.6 Å². The van der Waals surface area contributed by atoms with Gasteiger partial charge in [-0.3, -0.25) is 10.1 Å². The van der Waals surface area contributed by atoms with Crippen LogP contribution in [0.4, 0.5) is 0 Å². The standard InChI is InChI=1S/C16H11BrClNO5/c1-23-14-9-10(6-7-19(21)22)8-13(17)15(14)24-16(20)11-2-4-12(18)5-3-11/h2-9H,1H3/b7-6+. The van der Waals surface area contributed by atoms with Gasteiger partial charge in [0.05, 0.1) is 22.1 Å². The largest absolute Gasteiger partial charge is 0.493 e. The van der Waals surface area contributed by atoms with Crippen LogP contribution in [0.2, 0.25) is 5.02 Å². The summed E-state index contributed by atoms with van der Waals surface area (Å²) in [5, 5.41) is 10.9. The Morgan fingerprint density at radius 2 is 1.96 bits per heavy atom. The van der Waals surface area contributed by atoms with Gasteiger partial charge in [-0.05, 0) is 57.9 Å². The van der Waals surface area contributed by atoms with Crippen molar-refractivity contribution in [1.29, 1.82) is 0 Å². The molecule has 0 fully saturated rings. The van der Waals surface area contributed by atoms with Gasteiger partial charge in [0, 0.05) is 11.1 Å². The quantitative estimate of drug-likeness (QED) is 0.311. The van der Waals surface area contributed by atoms with Crippen LogP contribution in [-0.2, 0) is 0 Å². The molecule has 0 bridgehead atoms. The molecule has 0 spiro atoms. The molecule has 0 saturated heterocycles. The van der Waals surface area contributed by atoms with E-state index >= 15 is 0 Å². The molecular formula is C16H11BrClNO5. The molecular weight excluding hydrogens is 402 g/mol. The predicted octanol–water partition coefficient (Wildman–Crippen LogP) is 4.58. The van der Waals surface area contributed by atoms with Crippen molar-refractivity contribution in [3.05, 3.63) is 73.3 Å². The molecule has 0 atom stereocenters. The fourth-order valence-electron chi connectivity index (χ4n) is 1.82. The van der Waals surface area contributed by atoms with Gasteiger partial charge in [-0.25, -0.2) is 4.79 Å². The number of hydrogen-bond donors (Lipinski definition) is 0. The summed E-state index contributed by atoms with van der Waals surface area (Å²) in [6, 6.07) is 9.34. The van der Waals surface area contributed by atoms with E-state index in [2.05, 4.69) is 15.9 Å². The molecule has 8 heteroatoms. The normalized spacial score (nSPS) is 10.6. The van der Waals surface area contributed by atoms with Crippen molar-refractivity contribution in [2.45, 2.75) is 0 Å². The van der Waals surface area contributed by atoms with Crippen molar-refractivity contribution in [1.82, 2.24) is 0 Å². The van der Waals surface area contributed by atoms with Gasteiger partial charge in [0.1, 0.15) is 0 Å². The van der Waals surface area contributed by atoms with Gasteiger partial charge in [-0.15, -0.1) is 0 Å². The molecule has 0 N–H and O–H groups in total. The summed E-state index contributed by atoms with van der Waals surface area (Å²) in [6.07, 6.45) is 2.11. The van der Waals surface area contributed by atoms with Crippen LogP contribution < -0.4 is 9.47 Å². The Hall–Kier alpha value is -2.38. The topological polar surface area (TPSA) is 78.7 Å². The second kappa shape index (κ2) is 7.94. The number of nitrogens with zero attached hydrogens (tertiary/aromatic N) is 1. The van der Waals surface area contributed by atoms with Crippen molar-refractivity contribution in [3.63, 3.8) is 0 Å². The van der Waals surface area contributed by atoms with Gasteiger partial charge in [0.15, 0.2) is 11.5 Å². The van der Waals surface area contributed by atoms with Gasteiger partial charge in [0.25, 0.3) is 0 Å². The number of halogens is 2. The third-order valence-corrected chi connectivity index (χ3v) is 3.76. The predicted molar refractivity (Wildman–Crippen MR) is 93.1 cm³/mol. The number of carbonyl (C=O) groups excluding carboxylic acids is 1. The van der Waals surface area contributed by atoms with E-state index in [1.54, 1.807) is 30.3 Å². The van der Waals surface area contributed by atoms with Gasteiger partial charge >= 0.3 is 5.97 Å². The number of carbonyl (C=O) groups is 1. The number of nitro groups is 1. The summed E-state index contributed by atoms with van der Waals surface area (Å²) in [5.41, 5.74) is 0.840.